The summed E-state index contributed by atoms with van der Waals surface area (Å²) in [7, 11) is 0. The molecule has 0 aromatic heterocycles. The Morgan fingerprint density at radius 3 is 2.23 bits per heavy atom. The maximum atomic E-state index is 12.8. The van der Waals surface area contributed by atoms with Crippen molar-refractivity contribution in [3.05, 3.63) is 29.8 Å². The summed E-state index contributed by atoms with van der Waals surface area (Å²) in [5, 5.41) is 23.8. The number of guanidine groups is 1. The predicted molar refractivity (Wildman–Crippen MR) is 114 cm³/mol. The van der Waals surface area contributed by atoms with Gasteiger partial charge in [0, 0.05) is 13.0 Å². The summed E-state index contributed by atoms with van der Waals surface area (Å²) in [5.74, 6) is -1.96. The van der Waals surface area contributed by atoms with E-state index in [9.17, 15) is 24.6 Å². The molecule has 0 aliphatic heterocycles. The van der Waals surface area contributed by atoms with Crippen LogP contribution in [-0.2, 0) is 20.7 Å². The van der Waals surface area contributed by atoms with Gasteiger partial charge in [-0.15, -0.1) is 0 Å². The summed E-state index contributed by atoms with van der Waals surface area (Å²) >= 11 is 0. The van der Waals surface area contributed by atoms with Gasteiger partial charge >= 0.3 is 12.1 Å². The summed E-state index contributed by atoms with van der Waals surface area (Å²) in [6.45, 7) is 5.26. The lowest BCUT2D eigenvalue weighted by Crippen LogP contribution is -2.53. The Morgan fingerprint density at radius 2 is 1.71 bits per heavy atom. The van der Waals surface area contributed by atoms with E-state index < -0.39 is 35.7 Å². The van der Waals surface area contributed by atoms with E-state index >= 15 is 0 Å². The first kappa shape index (κ1) is 25.5. The van der Waals surface area contributed by atoms with Crippen LogP contribution in [-0.4, -0.2) is 58.4 Å². The largest absolute Gasteiger partial charge is 0.508 e. The van der Waals surface area contributed by atoms with Crippen molar-refractivity contribution in [3.63, 3.8) is 0 Å². The molecular formula is C20H31N5O6. The number of nitrogens with one attached hydrogen (secondary N) is 2. The molecule has 8 N–H and O–H groups in total. The molecule has 0 fully saturated rings. The minimum absolute atomic E-state index is 0.0524. The van der Waals surface area contributed by atoms with Crippen LogP contribution in [0.15, 0.2) is 29.3 Å². The molecule has 0 heterocycles. The first-order valence-electron chi connectivity index (χ1n) is 9.73. The first-order valence-corrected chi connectivity index (χ1v) is 9.73. The van der Waals surface area contributed by atoms with Crippen LogP contribution < -0.4 is 22.1 Å². The number of aliphatic carboxylic acids is 1. The third-order valence-corrected chi connectivity index (χ3v) is 3.94. The highest BCUT2D eigenvalue weighted by Crippen LogP contribution is 2.13. The Labute approximate surface area is 180 Å². The number of hydrogen-bond acceptors (Lipinski definition) is 6. The standard InChI is InChI=1S/C20H31N5O6/c1-20(2,3)31-19(30)25-15(11-12-6-8-13(26)9-7-12)16(27)24-14(17(28)29)5-4-10-23-18(21)22/h6-9,14-15,26H,4-5,10-11H2,1-3H3,(H,24,27)(H,25,30)(H,28,29)(H4,21,22,23)/t14-,15-/m0/s1. The third kappa shape index (κ3) is 10.7. The molecule has 0 saturated heterocycles. The Kier molecular flexibility index (Phi) is 9.58. The van der Waals surface area contributed by atoms with Crippen LogP contribution in [0.25, 0.3) is 0 Å². The molecule has 0 radical (unpaired) electrons. The quantitative estimate of drug-likeness (QED) is 0.173. The number of aromatic hydroxyl groups is 1. The van der Waals surface area contributed by atoms with Gasteiger partial charge < -0.3 is 37.1 Å². The number of ether oxygens (including phenoxy) is 1. The number of alkyl carbamates (subject to hydrolysis) is 1. The zero-order valence-electron chi connectivity index (χ0n) is 17.9. The fourth-order valence-corrected chi connectivity index (χ4v) is 2.56. The predicted octanol–water partition coefficient (Wildman–Crippen LogP) is 0.451. The van der Waals surface area contributed by atoms with Gasteiger partial charge in [-0.05, 0) is 51.3 Å². The molecule has 2 atom stereocenters. The monoisotopic (exact) mass is 437 g/mol. The van der Waals surface area contributed by atoms with Gasteiger partial charge in [-0.3, -0.25) is 9.79 Å². The van der Waals surface area contributed by atoms with Crippen molar-refractivity contribution in [2.75, 3.05) is 6.54 Å². The molecule has 0 aliphatic carbocycles. The number of amides is 2. The van der Waals surface area contributed by atoms with Gasteiger partial charge in [0.05, 0.1) is 0 Å². The summed E-state index contributed by atoms with van der Waals surface area (Å²) < 4.78 is 5.20. The number of aliphatic imine (C=N–C) groups is 1. The van der Waals surface area contributed by atoms with Crippen molar-refractivity contribution in [2.45, 2.75) is 57.7 Å². The zero-order valence-corrected chi connectivity index (χ0v) is 17.9. The Morgan fingerprint density at radius 1 is 1.10 bits per heavy atom. The molecule has 0 spiro atoms. The minimum atomic E-state index is -1.22. The number of benzene rings is 1. The molecule has 31 heavy (non-hydrogen) atoms. The number of carboxylic acid groups (broad SMARTS) is 1. The average Bonchev–Trinajstić information content (AvgIpc) is 2.63. The normalized spacial score (nSPS) is 12.9. The van der Waals surface area contributed by atoms with Crippen molar-refractivity contribution in [1.29, 1.82) is 0 Å². The molecular weight excluding hydrogens is 406 g/mol. The minimum Gasteiger partial charge on any atom is -0.508 e. The smallest absolute Gasteiger partial charge is 0.408 e. The Hall–Kier alpha value is -3.50. The lowest BCUT2D eigenvalue weighted by molar-refractivity contribution is -0.142. The highest BCUT2D eigenvalue weighted by molar-refractivity contribution is 5.89. The van der Waals surface area contributed by atoms with Gasteiger partial charge in [0.25, 0.3) is 0 Å². The second kappa shape index (κ2) is 11.6. The summed E-state index contributed by atoms with van der Waals surface area (Å²) in [6.07, 6.45) is -0.329. The topological polar surface area (TPSA) is 189 Å². The number of phenols is 1. The number of carboxylic acids is 1. The van der Waals surface area contributed by atoms with Crippen LogP contribution in [0, 0.1) is 0 Å². The molecule has 0 unspecified atom stereocenters. The van der Waals surface area contributed by atoms with E-state index in [0.717, 1.165) is 0 Å². The lowest BCUT2D eigenvalue weighted by Gasteiger charge is -2.24. The second-order valence-electron chi connectivity index (χ2n) is 7.92. The molecule has 0 bridgehead atoms. The van der Waals surface area contributed by atoms with E-state index in [1.807, 2.05) is 0 Å². The van der Waals surface area contributed by atoms with Crippen LogP contribution >= 0.6 is 0 Å². The van der Waals surface area contributed by atoms with Crippen molar-refractivity contribution in [2.24, 2.45) is 16.5 Å². The van der Waals surface area contributed by atoms with Crippen LogP contribution in [0.4, 0.5) is 4.79 Å². The van der Waals surface area contributed by atoms with E-state index in [4.69, 9.17) is 16.2 Å². The summed E-state index contributed by atoms with van der Waals surface area (Å²) in [6, 6.07) is 3.79. The van der Waals surface area contributed by atoms with Gasteiger partial charge in [0.2, 0.25) is 5.91 Å². The second-order valence-corrected chi connectivity index (χ2v) is 7.92. The fourth-order valence-electron chi connectivity index (χ4n) is 2.56. The summed E-state index contributed by atoms with van der Waals surface area (Å²) in [5.41, 5.74) is 10.3. The van der Waals surface area contributed by atoms with Crippen molar-refractivity contribution < 1.29 is 29.3 Å². The van der Waals surface area contributed by atoms with E-state index in [2.05, 4.69) is 15.6 Å². The van der Waals surface area contributed by atoms with Gasteiger partial charge in [-0.25, -0.2) is 9.59 Å². The maximum absolute atomic E-state index is 12.8. The highest BCUT2D eigenvalue weighted by atomic mass is 16.6. The fraction of sp³-hybridized carbons (Fsp3) is 0.500. The number of phenolic OH excluding ortho intramolecular Hbond substituents is 1. The van der Waals surface area contributed by atoms with Crippen LogP contribution in [0.2, 0.25) is 0 Å². The molecule has 0 aliphatic rings. The van der Waals surface area contributed by atoms with Gasteiger partial charge in [0.1, 0.15) is 23.4 Å². The third-order valence-electron chi connectivity index (χ3n) is 3.94. The van der Waals surface area contributed by atoms with Crippen LogP contribution in [0.5, 0.6) is 5.75 Å². The highest BCUT2D eigenvalue weighted by Gasteiger charge is 2.28. The molecule has 172 valence electrons. The van der Waals surface area contributed by atoms with Crippen LogP contribution in [0.3, 0.4) is 0 Å². The van der Waals surface area contributed by atoms with Crippen molar-refractivity contribution in [1.82, 2.24) is 10.6 Å². The van der Waals surface area contributed by atoms with E-state index in [1.165, 1.54) is 12.1 Å². The zero-order chi connectivity index (χ0) is 23.6. The number of nitrogens with zero attached hydrogens (tertiary/aromatic N) is 1. The molecule has 1 aromatic rings. The Bertz CT molecular complexity index is 784. The van der Waals surface area contributed by atoms with Crippen LogP contribution in [0.1, 0.15) is 39.2 Å². The molecule has 1 rings (SSSR count). The Balaban J connectivity index is 2.90. The first-order chi connectivity index (χ1) is 14.4. The van der Waals surface area contributed by atoms with Crippen molar-refractivity contribution >= 4 is 23.9 Å². The molecule has 11 nitrogen and oxygen atoms in total. The SMILES string of the molecule is CC(C)(C)OC(=O)N[C@@H](Cc1ccc(O)cc1)C(=O)N[C@@H](CCCN=C(N)N)C(=O)O. The number of rotatable bonds is 10. The molecule has 11 heteroatoms. The molecule has 0 saturated carbocycles. The van der Waals surface area contributed by atoms with E-state index in [1.54, 1.807) is 32.9 Å². The van der Waals surface area contributed by atoms with E-state index in [0.29, 0.717) is 12.0 Å². The average molecular weight is 437 g/mol. The summed E-state index contributed by atoms with van der Waals surface area (Å²) in [4.78, 5) is 40.3. The van der Waals surface area contributed by atoms with Crippen molar-refractivity contribution in [3.8, 4) is 5.75 Å². The molecule has 2 amide bonds. The number of carbonyl (C=O) groups is 3. The van der Waals surface area contributed by atoms with Gasteiger partial charge in [-0.1, -0.05) is 12.1 Å². The number of nitrogens with two attached hydrogens (primary N) is 2. The number of carbonyl (C=O) groups excluding carboxylic acids is 2. The lowest BCUT2D eigenvalue weighted by atomic mass is 10.0. The molecule has 1 aromatic carbocycles. The maximum Gasteiger partial charge on any atom is 0.408 e. The van der Waals surface area contributed by atoms with Gasteiger partial charge in [-0.2, -0.15) is 0 Å². The van der Waals surface area contributed by atoms with E-state index in [-0.39, 0.29) is 31.1 Å². The van der Waals surface area contributed by atoms with Gasteiger partial charge in [0.15, 0.2) is 5.96 Å². The number of hydrogen-bond donors (Lipinski definition) is 6.